The largest absolute Gasteiger partial charge is 0.495 e. The van der Waals surface area contributed by atoms with Crippen molar-refractivity contribution in [1.82, 2.24) is 9.88 Å². The fourth-order valence-electron chi connectivity index (χ4n) is 7.28. The first-order valence-corrected chi connectivity index (χ1v) is 21.5. The van der Waals surface area contributed by atoms with Crippen LogP contribution in [0.2, 0.25) is 5.02 Å². The lowest BCUT2D eigenvalue weighted by Crippen LogP contribution is -2.53. The lowest BCUT2D eigenvalue weighted by molar-refractivity contribution is -0.187. The van der Waals surface area contributed by atoms with Crippen LogP contribution >= 0.6 is 33.2 Å². The van der Waals surface area contributed by atoms with Crippen molar-refractivity contribution in [2.75, 3.05) is 39.0 Å². The van der Waals surface area contributed by atoms with E-state index < -0.39 is 65.4 Å². The number of likely N-dealkylation sites (N-methyl/N-ethyl adjacent to an activating group) is 1. The Morgan fingerprint density at radius 3 is 2.67 bits per heavy atom. The molecule has 1 aromatic heterocycles. The van der Waals surface area contributed by atoms with Crippen molar-refractivity contribution >= 4 is 62.6 Å². The third-order valence-corrected chi connectivity index (χ3v) is 13.6. The summed E-state index contributed by atoms with van der Waals surface area (Å²) in [7, 11) is 9.04. The standard InChI is InChI=1S/C41H52ClN3O10S2/c1-24-12-11-13-31(52-8)41(50)22-30(53-36(48)23-41)25(2)38-40(4,55-38)32(21-35(47)45(6)28-19-27(18-24)20-29(51-7)37(28)42)54-39(49)26(3)44(5)34(46)15-17-56-57-33-14-9-10-16-43-33/h9-14,16,19-20,25-26,30-32,38,50H,15,17-18,21-23H2,1-8H3/b13-11+,24-12+/t25-,26+,30+,31-,32+,38+,40+,41-/m0/s1. The number of nitrogens with zero attached hydrogens (tertiary/aromatic N) is 3. The van der Waals surface area contributed by atoms with E-state index in [1.807, 2.05) is 44.2 Å². The van der Waals surface area contributed by atoms with E-state index in [0.29, 0.717) is 23.6 Å². The van der Waals surface area contributed by atoms with Crippen molar-refractivity contribution in [3.05, 3.63) is 70.9 Å². The summed E-state index contributed by atoms with van der Waals surface area (Å²) in [5.74, 6) is -1.61. The average Bonchev–Trinajstić information content (AvgIpc) is 3.88. The van der Waals surface area contributed by atoms with Crippen molar-refractivity contribution in [2.24, 2.45) is 5.92 Å². The summed E-state index contributed by atoms with van der Waals surface area (Å²) in [6.07, 6.45) is 3.82. The number of hydrogen-bond donors (Lipinski definition) is 1. The predicted molar refractivity (Wildman–Crippen MR) is 219 cm³/mol. The number of carbonyl (C=O) groups excluding carboxylic acids is 4. The molecule has 8 atom stereocenters. The van der Waals surface area contributed by atoms with Gasteiger partial charge in [-0.05, 0) is 67.8 Å². The van der Waals surface area contributed by atoms with E-state index in [0.717, 1.165) is 16.2 Å². The Kier molecular flexibility index (Phi) is 14.8. The Labute approximate surface area is 347 Å². The topological polar surface area (TPSA) is 157 Å². The van der Waals surface area contributed by atoms with Crippen LogP contribution in [0.1, 0.15) is 58.9 Å². The zero-order chi connectivity index (χ0) is 41.7. The molecule has 16 heteroatoms. The molecular weight excluding hydrogens is 794 g/mol. The van der Waals surface area contributed by atoms with Gasteiger partial charge in [0.25, 0.3) is 0 Å². The molecule has 57 heavy (non-hydrogen) atoms. The molecule has 2 saturated heterocycles. The van der Waals surface area contributed by atoms with Gasteiger partial charge in [-0.2, -0.15) is 0 Å². The van der Waals surface area contributed by atoms with Gasteiger partial charge in [-0.3, -0.25) is 14.4 Å². The average molecular weight is 846 g/mol. The second-order valence-electron chi connectivity index (χ2n) is 15.0. The van der Waals surface area contributed by atoms with Gasteiger partial charge in [0, 0.05) is 51.9 Å². The maximum Gasteiger partial charge on any atom is 0.328 e. The van der Waals surface area contributed by atoms with Gasteiger partial charge in [0.2, 0.25) is 11.8 Å². The molecule has 0 unspecified atom stereocenters. The first-order chi connectivity index (χ1) is 27.0. The number of amides is 2. The Morgan fingerprint density at radius 2 is 1.98 bits per heavy atom. The number of halogens is 1. The van der Waals surface area contributed by atoms with Crippen molar-refractivity contribution in [3.63, 3.8) is 0 Å². The Balaban J connectivity index is 1.43. The minimum absolute atomic E-state index is 0.0558. The smallest absolute Gasteiger partial charge is 0.328 e. The molecule has 0 saturated carbocycles. The molecule has 4 bridgehead atoms. The van der Waals surface area contributed by atoms with Gasteiger partial charge in [-0.1, -0.05) is 59.2 Å². The number of pyridine rings is 1. The van der Waals surface area contributed by atoms with Crippen LogP contribution in [-0.4, -0.2) is 114 Å². The number of benzene rings is 1. The molecule has 13 nitrogen and oxygen atoms in total. The zero-order valence-corrected chi connectivity index (χ0v) is 35.9. The van der Waals surface area contributed by atoms with E-state index in [4.69, 9.17) is 35.3 Å². The van der Waals surface area contributed by atoms with Crippen molar-refractivity contribution in [2.45, 2.75) is 106 Å². The van der Waals surface area contributed by atoms with Crippen LogP contribution in [-0.2, 0) is 44.5 Å². The monoisotopic (exact) mass is 845 g/mol. The Bertz CT molecular complexity index is 1870. The van der Waals surface area contributed by atoms with Crippen LogP contribution in [0.3, 0.4) is 0 Å². The molecule has 0 spiro atoms. The molecule has 2 fully saturated rings. The number of aromatic nitrogens is 1. The molecule has 2 amide bonds. The highest BCUT2D eigenvalue weighted by atomic mass is 35.5. The number of aliphatic hydroxyl groups is 1. The molecule has 3 aliphatic heterocycles. The fourth-order valence-corrected chi connectivity index (χ4v) is 9.45. The summed E-state index contributed by atoms with van der Waals surface area (Å²) in [6.45, 7) is 7.07. The van der Waals surface area contributed by atoms with Crippen molar-refractivity contribution in [1.29, 1.82) is 0 Å². The predicted octanol–water partition coefficient (Wildman–Crippen LogP) is 5.99. The number of rotatable bonds is 10. The molecule has 310 valence electrons. The number of allylic oxidation sites excluding steroid dienone is 3. The second kappa shape index (κ2) is 19.0. The number of esters is 2. The first-order valence-electron chi connectivity index (χ1n) is 18.8. The summed E-state index contributed by atoms with van der Waals surface area (Å²) in [6, 6.07) is 8.22. The highest BCUT2D eigenvalue weighted by molar-refractivity contribution is 8.76. The molecule has 5 rings (SSSR count). The second-order valence-corrected chi connectivity index (χ2v) is 17.9. The number of fused-ring (bicyclic) bond motifs is 5. The maximum absolute atomic E-state index is 14.2. The fraction of sp³-hybridized carbons (Fsp3) is 0.537. The van der Waals surface area contributed by atoms with Crippen LogP contribution in [0.4, 0.5) is 5.69 Å². The highest BCUT2D eigenvalue weighted by Crippen LogP contribution is 2.50. The Hall–Kier alpha value is -3.60. The molecule has 0 radical (unpaired) electrons. The normalized spacial score (nSPS) is 29.9. The van der Waals surface area contributed by atoms with Crippen molar-refractivity contribution < 1.29 is 48.0 Å². The van der Waals surface area contributed by atoms with Gasteiger partial charge < -0.3 is 38.6 Å². The van der Waals surface area contributed by atoms with E-state index in [1.165, 1.54) is 52.7 Å². The lowest BCUT2D eigenvalue weighted by Gasteiger charge is -2.41. The third kappa shape index (κ3) is 10.5. The Morgan fingerprint density at radius 1 is 1.23 bits per heavy atom. The molecule has 1 N–H and O–H groups in total. The number of anilines is 1. The number of hydrogen-bond acceptors (Lipinski definition) is 13. The van der Waals surface area contributed by atoms with Gasteiger partial charge in [-0.25, -0.2) is 9.78 Å². The summed E-state index contributed by atoms with van der Waals surface area (Å²) in [4.78, 5) is 61.3. The van der Waals surface area contributed by atoms with Gasteiger partial charge in [0.1, 0.15) is 51.4 Å². The van der Waals surface area contributed by atoms with Crippen LogP contribution in [0, 0.1) is 5.92 Å². The van der Waals surface area contributed by atoms with Crippen LogP contribution in [0.25, 0.3) is 0 Å². The summed E-state index contributed by atoms with van der Waals surface area (Å²) < 4.78 is 29.5. The van der Waals surface area contributed by atoms with Crippen molar-refractivity contribution in [3.8, 4) is 5.75 Å². The van der Waals surface area contributed by atoms with Gasteiger partial charge in [-0.15, -0.1) is 0 Å². The molecule has 0 aliphatic carbocycles. The molecular formula is C41H52ClN3O10S2. The number of carbonyl (C=O) groups is 4. The lowest BCUT2D eigenvalue weighted by atomic mass is 9.78. The molecule has 3 aliphatic rings. The number of methoxy groups -OCH3 is 2. The number of ether oxygens (including phenoxy) is 5. The maximum atomic E-state index is 14.2. The van der Waals surface area contributed by atoms with E-state index in [1.54, 1.807) is 45.3 Å². The van der Waals surface area contributed by atoms with Gasteiger partial charge in [0.15, 0.2) is 0 Å². The molecule has 1 aromatic carbocycles. The molecule has 4 heterocycles. The van der Waals surface area contributed by atoms with E-state index >= 15 is 0 Å². The zero-order valence-electron chi connectivity index (χ0n) is 33.6. The van der Waals surface area contributed by atoms with Crippen LogP contribution < -0.4 is 9.64 Å². The van der Waals surface area contributed by atoms with Gasteiger partial charge >= 0.3 is 11.9 Å². The highest BCUT2D eigenvalue weighted by Gasteiger charge is 2.64. The molecule has 2 aromatic rings. The van der Waals surface area contributed by atoms with E-state index in [9.17, 15) is 24.3 Å². The minimum atomic E-state index is -1.58. The summed E-state index contributed by atoms with van der Waals surface area (Å²) >= 11 is 6.79. The van der Waals surface area contributed by atoms with E-state index in [-0.39, 0.29) is 36.6 Å². The third-order valence-electron chi connectivity index (χ3n) is 11.0. The van der Waals surface area contributed by atoms with Gasteiger partial charge in [0.05, 0.1) is 31.7 Å². The van der Waals surface area contributed by atoms with E-state index in [2.05, 4.69) is 4.98 Å². The quantitative estimate of drug-likeness (QED) is 0.129. The number of epoxide rings is 1. The van der Waals surface area contributed by atoms with Crippen LogP contribution in [0.15, 0.2) is 65.4 Å². The first kappa shape index (κ1) is 44.5. The summed E-state index contributed by atoms with van der Waals surface area (Å²) in [5, 5.41) is 12.9. The van der Waals surface area contributed by atoms with Crippen LogP contribution in [0.5, 0.6) is 5.75 Å². The minimum Gasteiger partial charge on any atom is -0.495 e. The SMILES string of the molecule is COc1cc2cc(c1Cl)N(C)C(=O)C[C@@H](OC(=O)[C@@H](C)N(C)C(=O)CCSSc1ccccn1)[C@@]1(C)O[C@@H]1[C@@H](C)[C@H]1C[C@](O)(CC(=O)O1)[C@@H](OC)/C=C/C=C(\C)C2. The summed E-state index contributed by atoms with van der Waals surface area (Å²) in [5.41, 5.74) is -0.629.